The molecule has 0 radical (unpaired) electrons. The zero-order valence-corrected chi connectivity index (χ0v) is 30.3. The number of aliphatic hydroxyl groups excluding tert-OH is 1. The Labute approximate surface area is 279 Å². The van der Waals surface area contributed by atoms with Crippen molar-refractivity contribution in [1.82, 2.24) is 5.32 Å². The summed E-state index contributed by atoms with van der Waals surface area (Å²) < 4.78 is 32.3. The molecular formula is C38H73NO5S. The third kappa shape index (κ3) is 34.0. The molecule has 0 rings (SSSR count). The van der Waals surface area contributed by atoms with E-state index in [9.17, 15) is 22.9 Å². The Kier molecular flexibility index (Phi) is 31.9. The van der Waals surface area contributed by atoms with Crippen LogP contribution >= 0.6 is 0 Å². The van der Waals surface area contributed by atoms with Gasteiger partial charge in [0, 0.05) is 6.42 Å². The van der Waals surface area contributed by atoms with Gasteiger partial charge in [0.2, 0.25) is 5.91 Å². The van der Waals surface area contributed by atoms with Crippen molar-refractivity contribution in [3.8, 4) is 0 Å². The molecule has 0 bridgehead atoms. The number of unbranched alkanes of at least 4 members (excludes halogenated alkanes) is 24. The van der Waals surface area contributed by atoms with Crippen LogP contribution < -0.4 is 5.32 Å². The fourth-order valence-corrected chi connectivity index (χ4v) is 6.49. The van der Waals surface area contributed by atoms with Crippen LogP contribution in [0.25, 0.3) is 0 Å². The Morgan fingerprint density at radius 3 is 1.40 bits per heavy atom. The van der Waals surface area contributed by atoms with Crippen LogP contribution in [0.3, 0.4) is 0 Å². The molecule has 2 unspecified atom stereocenters. The molecule has 45 heavy (non-hydrogen) atoms. The second-order valence-electron chi connectivity index (χ2n) is 13.2. The molecule has 0 aromatic heterocycles. The van der Waals surface area contributed by atoms with Gasteiger partial charge < -0.3 is 10.4 Å². The molecule has 0 saturated heterocycles. The van der Waals surface area contributed by atoms with E-state index < -0.39 is 28.0 Å². The highest BCUT2D eigenvalue weighted by Gasteiger charge is 2.24. The first-order valence-electron chi connectivity index (χ1n) is 19.0. The van der Waals surface area contributed by atoms with Crippen LogP contribution in [0.4, 0.5) is 0 Å². The molecular weight excluding hydrogens is 582 g/mol. The third-order valence-corrected chi connectivity index (χ3v) is 9.41. The van der Waals surface area contributed by atoms with E-state index in [-0.39, 0.29) is 5.91 Å². The number of hydrogen-bond acceptors (Lipinski definition) is 4. The Balaban J connectivity index is 3.86. The lowest BCUT2D eigenvalue weighted by atomic mass is 10.0. The van der Waals surface area contributed by atoms with Crippen LogP contribution in [-0.2, 0) is 14.9 Å². The Hall–Kier alpha value is -1.18. The monoisotopic (exact) mass is 656 g/mol. The van der Waals surface area contributed by atoms with E-state index in [1.807, 2.05) is 0 Å². The van der Waals surface area contributed by atoms with Gasteiger partial charge >= 0.3 is 0 Å². The fraction of sp³-hybridized carbons (Fsp3) is 0.868. The van der Waals surface area contributed by atoms with Crippen molar-refractivity contribution in [1.29, 1.82) is 0 Å². The van der Waals surface area contributed by atoms with Gasteiger partial charge in [0.1, 0.15) is 0 Å². The number of carbonyl (C=O) groups excluding carboxylic acids is 1. The number of amides is 1. The van der Waals surface area contributed by atoms with Crippen LogP contribution in [0.2, 0.25) is 0 Å². The summed E-state index contributed by atoms with van der Waals surface area (Å²) in [6, 6.07) is -1.07. The first kappa shape index (κ1) is 43.8. The average Bonchev–Trinajstić information content (AvgIpc) is 3.00. The summed E-state index contributed by atoms with van der Waals surface area (Å²) in [5.41, 5.74) is 0. The van der Waals surface area contributed by atoms with E-state index in [1.165, 1.54) is 141 Å². The normalized spacial score (nSPS) is 13.6. The predicted octanol–water partition coefficient (Wildman–Crippen LogP) is 10.8. The maximum absolute atomic E-state index is 12.4. The van der Waals surface area contributed by atoms with Gasteiger partial charge in [-0.1, -0.05) is 179 Å². The average molecular weight is 656 g/mol. The number of aliphatic hydroxyl groups is 1. The summed E-state index contributed by atoms with van der Waals surface area (Å²) in [5.74, 6) is -0.995. The number of hydrogen-bond donors (Lipinski definition) is 3. The second-order valence-corrected chi connectivity index (χ2v) is 14.7. The smallest absolute Gasteiger partial charge is 0.267 e. The van der Waals surface area contributed by atoms with E-state index in [2.05, 4.69) is 31.3 Å². The molecule has 0 aliphatic heterocycles. The van der Waals surface area contributed by atoms with Crippen LogP contribution in [0.1, 0.15) is 194 Å². The van der Waals surface area contributed by atoms with Crippen molar-refractivity contribution in [2.24, 2.45) is 0 Å². The molecule has 2 atom stereocenters. The number of nitrogens with one attached hydrogen (secondary N) is 1. The van der Waals surface area contributed by atoms with E-state index in [4.69, 9.17) is 0 Å². The minimum Gasteiger partial charge on any atom is -0.387 e. The number of carbonyl (C=O) groups is 1. The van der Waals surface area contributed by atoms with Crippen molar-refractivity contribution in [2.75, 3.05) is 5.75 Å². The molecule has 0 aliphatic carbocycles. The first-order chi connectivity index (χ1) is 21.8. The van der Waals surface area contributed by atoms with E-state index in [0.29, 0.717) is 12.8 Å². The Morgan fingerprint density at radius 2 is 0.956 bits per heavy atom. The van der Waals surface area contributed by atoms with Gasteiger partial charge in [-0.3, -0.25) is 9.35 Å². The highest BCUT2D eigenvalue weighted by atomic mass is 32.2. The van der Waals surface area contributed by atoms with Gasteiger partial charge in [-0.15, -0.1) is 0 Å². The van der Waals surface area contributed by atoms with Crippen LogP contribution in [-0.4, -0.2) is 41.9 Å². The van der Waals surface area contributed by atoms with Crippen molar-refractivity contribution >= 4 is 16.0 Å². The van der Waals surface area contributed by atoms with Gasteiger partial charge in [-0.25, -0.2) is 0 Å². The van der Waals surface area contributed by atoms with Gasteiger partial charge in [-0.05, 0) is 32.1 Å². The van der Waals surface area contributed by atoms with Crippen LogP contribution in [0.5, 0.6) is 0 Å². The van der Waals surface area contributed by atoms with Gasteiger partial charge in [-0.2, -0.15) is 8.42 Å². The molecule has 0 heterocycles. The molecule has 6 nitrogen and oxygen atoms in total. The SMILES string of the molecule is CCCCCC/C=C/CC/C=C/C(O)C(CS(=O)(=O)O)NC(=O)CCCCCCCCCCCCCCCCCCCCCC. The molecule has 1 amide bonds. The van der Waals surface area contributed by atoms with Crippen molar-refractivity contribution < 1.29 is 22.9 Å². The quantitative estimate of drug-likeness (QED) is 0.0363. The van der Waals surface area contributed by atoms with Crippen molar-refractivity contribution in [2.45, 2.75) is 206 Å². The summed E-state index contributed by atoms with van der Waals surface area (Å²) in [6.07, 6.45) is 40.3. The third-order valence-electron chi connectivity index (χ3n) is 8.63. The molecule has 3 N–H and O–H groups in total. The number of allylic oxidation sites excluding steroid dienone is 3. The molecule has 0 spiro atoms. The zero-order valence-electron chi connectivity index (χ0n) is 29.5. The molecule has 7 heteroatoms. The zero-order chi connectivity index (χ0) is 33.3. The summed E-state index contributed by atoms with van der Waals surface area (Å²) in [7, 11) is -4.34. The number of rotatable bonds is 34. The summed E-state index contributed by atoms with van der Waals surface area (Å²) in [5, 5.41) is 13.1. The van der Waals surface area contributed by atoms with Gasteiger partial charge in [0.05, 0.1) is 17.9 Å². The maximum atomic E-state index is 12.4. The highest BCUT2D eigenvalue weighted by Crippen LogP contribution is 2.15. The van der Waals surface area contributed by atoms with E-state index in [1.54, 1.807) is 6.08 Å². The lowest BCUT2D eigenvalue weighted by Gasteiger charge is -2.21. The van der Waals surface area contributed by atoms with Crippen molar-refractivity contribution in [3.63, 3.8) is 0 Å². The summed E-state index contributed by atoms with van der Waals surface area (Å²) in [4.78, 5) is 12.4. The minimum absolute atomic E-state index is 0.287. The van der Waals surface area contributed by atoms with Gasteiger partial charge in [0.25, 0.3) is 10.1 Å². The lowest BCUT2D eigenvalue weighted by molar-refractivity contribution is -0.122. The summed E-state index contributed by atoms with van der Waals surface area (Å²) in [6.45, 7) is 4.48. The maximum Gasteiger partial charge on any atom is 0.267 e. The Morgan fingerprint density at radius 1 is 0.578 bits per heavy atom. The second kappa shape index (κ2) is 32.7. The van der Waals surface area contributed by atoms with Crippen LogP contribution in [0.15, 0.2) is 24.3 Å². The van der Waals surface area contributed by atoms with E-state index in [0.717, 1.165) is 32.1 Å². The fourth-order valence-electron chi connectivity index (χ4n) is 5.76. The topological polar surface area (TPSA) is 104 Å². The standard InChI is InChI=1S/C38H73NO5S/c1-3-5-7-9-11-13-15-16-17-18-19-20-21-22-23-24-26-28-30-32-34-38(41)39-36(35-45(42,43)44)37(40)33-31-29-27-25-14-12-10-8-6-4-2/h14,25,31,33,36-37,40H,3-13,15-24,26-30,32,34-35H2,1-2H3,(H,39,41)(H,42,43,44)/b25-14+,33-31+. The largest absolute Gasteiger partial charge is 0.387 e. The predicted molar refractivity (Wildman–Crippen MR) is 193 cm³/mol. The molecule has 0 fully saturated rings. The van der Waals surface area contributed by atoms with Crippen LogP contribution in [0, 0.1) is 0 Å². The lowest BCUT2D eigenvalue weighted by Crippen LogP contribution is -2.46. The molecule has 266 valence electrons. The highest BCUT2D eigenvalue weighted by molar-refractivity contribution is 7.85. The van der Waals surface area contributed by atoms with E-state index >= 15 is 0 Å². The molecule has 0 aromatic rings. The minimum atomic E-state index is -4.34. The molecule has 0 aliphatic rings. The van der Waals surface area contributed by atoms with Gasteiger partial charge in [0.15, 0.2) is 0 Å². The molecule has 0 aromatic carbocycles. The first-order valence-corrected chi connectivity index (χ1v) is 20.6. The van der Waals surface area contributed by atoms with Crippen molar-refractivity contribution in [3.05, 3.63) is 24.3 Å². The Bertz CT molecular complexity index is 811. The summed E-state index contributed by atoms with van der Waals surface area (Å²) >= 11 is 0. The molecule has 0 saturated carbocycles.